The first kappa shape index (κ1) is 15.6. The number of thiophene rings is 1. The third-order valence-corrected chi connectivity index (χ3v) is 5.61. The van der Waals surface area contributed by atoms with Gasteiger partial charge in [-0.2, -0.15) is 0 Å². The highest BCUT2D eigenvalue weighted by Gasteiger charge is 2.15. The lowest BCUT2D eigenvalue weighted by Crippen LogP contribution is -2.22. The van der Waals surface area contributed by atoms with Crippen LogP contribution in [-0.4, -0.2) is 29.5 Å². The monoisotopic (exact) mass is 338 g/mol. The van der Waals surface area contributed by atoms with Crippen molar-refractivity contribution < 1.29 is 4.42 Å². The summed E-state index contributed by atoms with van der Waals surface area (Å²) in [5, 5.41) is 2.10. The molecule has 0 amide bonds. The fourth-order valence-corrected chi connectivity index (χ4v) is 4.01. The predicted octanol–water partition coefficient (Wildman–Crippen LogP) is 5.02. The largest absolute Gasteiger partial charge is 0.441 e. The van der Waals surface area contributed by atoms with Gasteiger partial charge in [0.1, 0.15) is 5.76 Å². The Kier molecular flexibility index (Phi) is 4.50. The maximum atomic E-state index is 5.92. The van der Waals surface area contributed by atoms with Crippen LogP contribution in [0, 0.1) is 6.92 Å². The van der Waals surface area contributed by atoms with Crippen LogP contribution in [0.2, 0.25) is 0 Å². The van der Waals surface area contributed by atoms with E-state index in [2.05, 4.69) is 46.7 Å². The summed E-state index contributed by atoms with van der Waals surface area (Å²) >= 11 is 1.76. The Morgan fingerprint density at radius 3 is 2.54 bits per heavy atom. The Morgan fingerprint density at radius 2 is 1.83 bits per heavy atom. The van der Waals surface area contributed by atoms with E-state index >= 15 is 0 Å². The molecule has 24 heavy (non-hydrogen) atoms. The normalized spacial score (nSPS) is 15.2. The summed E-state index contributed by atoms with van der Waals surface area (Å²) in [6, 6.07) is 12.7. The standard InChI is InChI=1S/C20H22N2OS/c1-15-18(10-13-22-11-2-3-12-22)21-20(23-15)17-8-6-16(7-9-17)19-5-4-14-24-19/h4-9,14H,2-3,10-13H2,1H3. The molecule has 1 aliphatic rings. The molecule has 4 heteroatoms. The fourth-order valence-electron chi connectivity index (χ4n) is 3.27. The molecule has 0 aliphatic carbocycles. The summed E-state index contributed by atoms with van der Waals surface area (Å²) < 4.78 is 5.92. The first-order chi connectivity index (χ1) is 11.8. The minimum Gasteiger partial charge on any atom is -0.441 e. The smallest absolute Gasteiger partial charge is 0.226 e. The van der Waals surface area contributed by atoms with Gasteiger partial charge in [0.15, 0.2) is 0 Å². The summed E-state index contributed by atoms with van der Waals surface area (Å²) in [7, 11) is 0. The molecule has 1 aromatic carbocycles. The Labute approximate surface area is 147 Å². The number of oxazole rings is 1. The molecule has 0 saturated carbocycles. The van der Waals surface area contributed by atoms with Gasteiger partial charge in [-0.15, -0.1) is 11.3 Å². The molecule has 3 aromatic rings. The molecule has 0 N–H and O–H groups in total. The molecule has 0 radical (unpaired) electrons. The Balaban J connectivity index is 1.48. The molecule has 3 heterocycles. The van der Waals surface area contributed by atoms with Gasteiger partial charge in [0.2, 0.25) is 5.89 Å². The van der Waals surface area contributed by atoms with E-state index in [1.165, 1.54) is 36.4 Å². The van der Waals surface area contributed by atoms with Gasteiger partial charge in [0.25, 0.3) is 0 Å². The summed E-state index contributed by atoms with van der Waals surface area (Å²) in [5.41, 5.74) is 3.39. The van der Waals surface area contributed by atoms with E-state index in [0.29, 0.717) is 0 Å². The van der Waals surface area contributed by atoms with Gasteiger partial charge in [0, 0.05) is 23.4 Å². The van der Waals surface area contributed by atoms with Crippen molar-refractivity contribution in [1.82, 2.24) is 9.88 Å². The van der Waals surface area contributed by atoms with Crippen molar-refractivity contribution in [3.05, 3.63) is 53.2 Å². The zero-order valence-electron chi connectivity index (χ0n) is 14.0. The van der Waals surface area contributed by atoms with Crippen molar-refractivity contribution in [2.45, 2.75) is 26.2 Å². The van der Waals surface area contributed by atoms with Crippen molar-refractivity contribution in [3.8, 4) is 21.9 Å². The summed E-state index contributed by atoms with van der Waals surface area (Å²) in [4.78, 5) is 8.55. The number of nitrogens with zero attached hydrogens (tertiary/aromatic N) is 2. The maximum absolute atomic E-state index is 5.92. The second kappa shape index (κ2) is 6.91. The lowest BCUT2D eigenvalue weighted by Gasteiger charge is -2.12. The first-order valence-corrected chi connectivity index (χ1v) is 9.50. The molecule has 1 saturated heterocycles. The minimum absolute atomic E-state index is 0.738. The number of likely N-dealkylation sites (tertiary alicyclic amines) is 1. The number of hydrogen-bond acceptors (Lipinski definition) is 4. The fraction of sp³-hybridized carbons (Fsp3) is 0.350. The summed E-state index contributed by atoms with van der Waals surface area (Å²) in [6.07, 6.45) is 3.64. The van der Waals surface area contributed by atoms with E-state index in [9.17, 15) is 0 Å². The molecule has 0 bridgehead atoms. The Hall–Kier alpha value is -1.91. The molecular weight excluding hydrogens is 316 g/mol. The number of aryl methyl sites for hydroxylation is 1. The minimum atomic E-state index is 0.738. The van der Waals surface area contributed by atoms with Gasteiger partial charge >= 0.3 is 0 Å². The van der Waals surface area contributed by atoms with Gasteiger partial charge in [0.05, 0.1) is 5.69 Å². The molecule has 3 nitrogen and oxygen atoms in total. The van der Waals surface area contributed by atoms with Crippen LogP contribution in [0.5, 0.6) is 0 Å². The zero-order valence-corrected chi connectivity index (χ0v) is 14.8. The molecule has 0 atom stereocenters. The highest BCUT2D eigenvalue weighted by Crippen LogP contribution is 2.28. The summed E-state index contributed by atoms with van der Waals surface area (Å²) in [5.74, 6) is 1.69. The number of aromatic nitrogens is 1. The Morgan fingerprint density at radius 1 is 1.08 bits per heavy atom. The van der Waals surface area contributed by atoms with Crippen molar-refractivity contribution in [2.75, 3.05) is 19.6 Å². The topological polar surface area (TPSA) is 29.3 Å². The van der Waals surface area contributed by atoms with Crippen LogP contribution in [0.4, 0.5) is 0 Å². The first-order valence-electron chi connectivity index (χ1n) is 8.62. The number of benzene rings is 1. The van der Waals surface area contributed by atoms with E-state index in [1.807, 2.05) is 6.92 Å². The van der Waals surface area contributed by atoms with Crippen LogP contribution in [0.25, 0.3) is 21.9 Å². The van der Waals surface area contributed by atoms with E-state index < -0.39 is 0 Å². The van der Waals surface area contributed by atoms with Crippen molar-refractivity contribution in [2.24, 2.45) is 0 Å². The van der Waals surface area contributed by atoms with E-state index in [-0.39, 0.29) is 0 Å². The van der Waals surface area contributed by atoms with E-state index in [0.717, 1.165) is 35.9 Å². The lowest BCUT2D eigenvalue weighted by molar-refractivity contribution is 0.341. The molecule has 0 spiro atoms. The molecule has 1 aliphatic heterocycles. The average Bonchev–Trinajstić information content (AvgIpc) is 3.35. The average molecular weight is 338 g/mol. The predicted molar refractivity (Wildman–Crippen MR) is 99.4 cm³/mol. The van der Waals surface area contributed by atoms with Gasteiger partial charge in [-0.25, -0.2) is 4.98 Å². The quantitative estimate of drug-likeness (QED) is 0.654. The molecule has 124 valence electrons. The second-order valence-electron chi connectivity index (χ2n) is 6.38. The van der Waals surface area contributed by atoms with Gasteiger partial charge in [-0.3, -0.25) is 0 Å². The second-order valence-corrected chi connectivity index (χ2v) is 7.32. The SMILES string of the molecule is Cc1oc(-c2ccc(-c3cccs3)cc2)nc1CCN1CCCC1. The van der Waals surface area contributed by atoms with Crippen molar-refractivity contribution in [3.63, 3.8) is 0 Å². The van der Waals surface area contributed by atoms with E-state index in [4.69, 9.17) is 9.40 Å². The van der Waals surface area contributed by atoms with E-state index in [1.54, 1.807) is 11.3 Å². The third kappa shape index (κ3) is 3.30. The molecule has 2 aromatic heterocycles. The third-order valence-electron chi connectivity index (χ3n) is 4.69. The lowest BCUT2D eigenvalue weighted by atomic mass is 10.1. The summed E-state index contributed by atoms with van der Waals surface area (Å²) in [6.45, 7) is 5.57. The van der Waals surface area contributed by atoms with Gasteiger partial charge in [-0.1, -0.05) is 18.2 Å². The number of rotatable bonds is 5. The van der Waals surface area contributed by atoms with Crippen LogP contribution in [0.1, 0.15) is 24.3 Å². The van der Waals surface area contributed by atoms with Crippen LogP contribution in [0.15, 0.2) is 46.2 Å². The van der Waals surface area contributed by atoms with Gasteiger partial charge < -0.3 is 9.32 Å². The van der Waals surface area contributed by atoms with Crippen LogP contribution in [-0.2, 0) is 6.42 Å². The Bertz CT molecular complexity index is 784. The van der Waals surface area contributed by atoms with Crippen molar-refractivity contribution in [1.29, 1.82) is 0 Å². The highest BCUT2D eigenvalue weighted by atomic mass is 32.1. The molecule has 1 fully saturated rings. The molecular formula is C20H22N2OS. The molecule has 0 unspecified atom stereocenters. The van der Waals surface area contributed by atoms with Crippen LogP contribution < -0.4 is 0 Å². The van der Waals surface area contributed by atoms with Crippen molar-refractivity contribution >= 4 is 11.3 Å². The van der Waals surface area contributed by atoms with Crippen LogP contribution >= 0.6 is 11.3 Å². The maximum Gasteiger partial charge on any atom is 0.226 e. The number of hydrogen-bond donors (Lipinski definition) is 0. The highest BCUT2D eigenvalue weighted by molar-refractivity contribution is 7.13. The molecule has 4 rings (SSSR count). The zero-order chi connectivity index (χ0) is 16.4. The van der Waals surface area contributed by atoms with Gasteiger partial charge in [-0.05, 0) is 62.0 Å². The van der Waals surface area contributed by atoms with Crippen LogP contribution in [0.3, 0.4) is 0 Å².